The van der Waals surface area contributed by atoms with Crippen molar-refractivity contribution in [3.8, 4) is 6.07 Å². The summed E-state index contributed by atoms with van der Waals surface area (Å²) >= 11 is 0. The summed E-state index contributed by atoms with van der Waals surface area (Å²) in [6, 6.07) is 10.8. The normalized spacial score (nSPS) is 15.9. The summed E-state index contributed by atoms with van der Waals surface area (Å²) in [4.78, 5) is 24.0. The highest BCUT2D eigenvalue weighted by molar-refractivity contribution is 6.06. The average molecular weight is 253 g/mol. The van der Waals surface area contributed by atoms with E-state index in [1.165, 1.54) is 4.57 Å². The van der Waals surface area contributed by atoms with Crippen LogP contribution in [0.25, 0.3) is 10.9 Å². The Morgan fingerprint density at radius 2 is 2.00 bits per heavy atom. The first-order valence-electron chi connectivity index (χ1n) is 5.95. The lowest BCUT2D eigenvalue weighted by Gasteiger charge is -2.10. The molecule has 5 nitrogen and oxygen atoms in total. The van der Waals surface area contributed by atoms with Crippen molar-refractivity contribution in [1.82, 2.24) is 4.57 Å². The van der Waals surface area contributed by atoms with E-state index in [0.717, 1.165) is 5.39 Å². The molecule has 94 valence electrons. The van der Waals surface area contributed by atoms with Crippen LogP contribution in [0.4, 0.5) is 0 Å². The van der Waals surface area contributed by atoms with Crippen LogP contribution in [-0.2, 0) is 0 Å². The van der Waals surface area contributed by atoms with Gasteiger partial charge < -0.3 is 5.73 Å². The number of para-hydroxylation sites is 1. The number of carbonyl (C=O) groups is 2. The molecule has 1 saturated carbocycles. The van der Waals surface area contributed by atoms with Crippen LogP contribution in [0, 0.1) is 16.7 Å². The summed E-state index contributed by atoms with van der Waals surface area (Å²) in [5, 5.41) is 9.89. The quantitative estimate of drug-likeness (QED) is 0.883. The van der Waals surface area contributed by atoms with E-state index in [9.17, 15) is 9.59 Å². The fraction of sp³-hybridized carbons (Fsp3) is 0.214. The minimum atomic E-state index is -0.980. The maximum atomic E-state index is 12.5. The Balaban J connectivity index is 2.27. The molecule has 5 heteroatoms. The predicted octanol–water partition coefficient (Wildman–Crippen LogP) is 1.68. The van der Waals surface area contributed by atoms with Gasteiger partial charge in [-0.05, 0) is 25.0 Å². The second-order valence-corrected chi connectivity index (χ2v) is 4.79. The third-order valence-electron chi connectivity index (χ3n) is 3.54. The van der Waals surface area contributed by atoms with Gasteiger partial charge in [0.1, 0.15) is 11.1 Å². The van der Waals surface area contributed by atoms with Gasteiger partial charge in [-0.2, -0.15) is 5.26 Å². The molecule has 19 heavy (non-hydrogen) atoms. The number of rotatable bonds is 2. The van der Waals surface area contributed by atoms with Crippen molar-refractivity contribution in [2.24, 2.45) is 11.1 Å². The highest BCUT2D eigenvalue weighted by Gasteiger charge is 2.52. The number of nitriles is 1. The van der Waals surface area contributed by atoms with E-state index in [0.29, 0.717) is 18.4 Å². The van der Waals surface area contributed by atoms with E-state index >= 15 is 0 Å². The van der Waals surface area contributed by atoms with Crippen LogP contribution in [-0.4, -0.2) is 16.4 Å². The first kappa shape index (κ1) is 11.5. The van der Waals surface area contributed by atoms with E-state index in [-0.39, 0.29) is 11.6 Å². The van der Waals surface area contributed by atoms with Crippen LogP contribution >= 0.6 is 0 Å². The Bertz CT molecular complexity index is 748. The summed E-state index contributed by atoms with van der Waals surface area (Å²) in [5.41, 5.74) is 5.09. The number of aromatic nitrogens is 1. The van der Waals surface area contributed by atoms with Crippen molar-refractivity contribution in [2.45, 2.75) is 12.8 Å². The van der Waals surface area contributed by atoms with E-state index in [1.54, 1.807) is 24.3 Å². The highest BCUT2D eigenvalue weighted by atomic mass is 16.2. The summed E-state index contributed by atoms with van der Waals surface area (Å²) in [6.45, 7) is 0. The van der Waals surface area contributed by atoms with E-state index < -0.39 is 11.3 Å². The zero-order valence-corrected chi connectivity index (χ0v) is 10.1. The van der Waals surface area contributed by atoms with Gasteiger partial charge in [0.05, 0.1) is 11.6 Å². The number of hydrogen-bond acceptors (Lipinski definition) is 3. The first-order valence-corrected chi connectivity index (χ1v) is 5.95. The number of benzene rings is 1. The number of nitrogens with zero attached hydrogens (tertiary/aromatic N) is 2. The second kappa shape index (κ2) is 3.69. The summed E-state index contributed by atoms with van der Waals surface area (Å²) in [6.07, 6.45) is 1.07. The summed E-state index contributed by atoms with van der Waals surface area (Å²) in [7, 11) is 0. The lowest BCUT2D eigenvalue weighted by Crippen LogP contribution is -2.27. The Labute approximate surface area is 109 Å². The van der Waals surface area contributed by atoms with Crippen molar-refractivity contribution in [2.75, 3.05) is 0 Å². The molecule has 0 spiro atoms. The smallest absolute Gasteiger partial charge is 0.265 e. The lowest BCUT2D eigenvalue weighted by molar-refractivity contribution is 0.0837. The molecule has 0 aliphatic heterocycles. The van der Waals surface area contributed by atoms with Gasteiger partial charge in [0.25, 0.3) is 11.8 Å². The largest absolute Gasteiger partial charge is 0.364 e. The second-order valence-electron chi connectivity index (χ2n) is 4.79. The summed E-state index contributed by atoms with van der Waals surface area (Å²) in [5.74, 6) is -1.02. The van der Waals surface area contributed by atoms with Gasteiger partial charge in [0.15, 0.2) is 0 Å². The molecule has 2 N–H and O–H groups in total. The van der Waals surface area contributed by atoms with Crippen LogP contribution in [0.3, 0.4) is 0 Å². The first-order chi connectivity index (χ1) is 9.09. The third-order valence-corrected chi connectivity index (χ3v) is 3.54. The van der Waals surface area contributed by atoms with Crippen molar-refractivity contribution >= 4 is 22.7 Å². The number of carbonyl (C=O) groups excluding carboxylic acids is 2. The number of amides is 1. The Kier molecular flexibility index (Phi) is 2.23. The van der Waals surface area contributed by atoms with E-state index in [2.05, 4.69) is 0 Å². The summed E-state index contributed by atoms with van der Waals surface area (Å²) < 4.78 is 1.29. The maximum absolute atomic E-state index is 12.5. The third kappa shape index (κ3) is 1.54. The molecule has 0 radical (unpaired) electrons. The topological polar surface area (TPSA) is 88.9 Å². The molecule has 1 fully saturated rings. The van der Waals surface area contributed by atoms with Gasteiger partial charge in [0.2, 0.25) is 0 Å². The van der Waals surface area contributed by atoms with Gasteiger partial charge in [0, 0.05) is 5.39 Å². The molecule has 1 amide bonds. The van der Waals surface area contributed by atoms with Gasteiger partial charge >= 0.3 is 0 Å². The van der Waals surface area contributed by atoms with Crippen molar-refractivity contribution < 1.29 is 9.59 Å². The molecule has 2 aromatic rings. The Morgan fingerprint density at radius 1 is 1.32 bits per heavy atom. The minimum Gasteiger partial charge on any atom is -0.364 e. The van der Waals surface area contributed by atoms with Crippen LogP contribution in [0.1, 0.15) is 28.1 Å². The molecule has 0 atom stereocenters. The van der Waals surface area contributed by atoms with E-state index in [1.807, 2.05) is 12.1 Å². The van der Waals surface area contributed by atoms with Gasteiger partial charge in [-0.3, -0.25) is 14.2 Å². The fourth-order valence-electron chi connectivity index (χ4n) is 2.27. The molecule has 1 heterocycles. The van der Waals surface area contributed by atoms with Crippen LogP contribution in [0.15, 0.2) is 30.3 Å². The molecule has 1 aromatic carbocycles. The zero-order valence-electron chi connectivity index (χ0n) is 10.1. The standard InChI is InChI=1S/C14H11N3O2/c15-8-14(5-6-14)13(19)17-10-4-2-1-3-9(10)7-11(17)12(16)18/h1-4,7H,5-6H2,(H2,16,18). The zero-order chi connectivity index (χ0) is 13.6. The molecule has 1 aliphatic carbocycles. The Hall–Kier alpha value is -2.61. The van der Waals surface area contributed by atoms with Gasteiger partial charge in [-0.25, -0.2) is 0 Å². The molecule has 3 rings (SSSR count). The number of primary amides is 1. The highest BCUT2D eigenvalue weighted by Crippen LogP contribution is 2.47. The number of fused-ring (bicyclic) bond motifs is 1. The Morgan fingerprint density at radius 3 is 2.58 bits per heavy atom. The molecule has 1 aliphatic rings. The van der Waals surface area contributed by atoms with Crippen molar-refractivity contribution in [1.29, 1.82) is 5.26 Å². The van der Waals surface area contributed by atoms with Crippen molar-refractivity contribution in [3.05, 3.63) is 36.0 Å². The lowest BCUT2D eigenvalue weighted by atomic mass is 10.1. The number of hydrogen-bond donors (Lipinski definition) is 1. The predicted molar refractivity (Wildman–Crippen MR) is 68.4 cm³/mol. The molecule has 0 unspecified atom stereocenters. The average Bonchev–Trinajstić information content (AvgIpc) is 3.11. The number of nitrogens with two attached hydrogens (primary N) is 1. The maximum Gasteiger partial charge on any atom is 0.265 e. The van der Waals surface area contributed by atoms with Gasteiger partial charge in [-0.1, -0.05) is 18.2 Å². The molecular weight excluding hydrogens is 242 g/mol. The molecule has 0 bridgehead atoms. The molecular formula is C14H11N3O2. The van der Waals surface area contributed by atoms with Crippen molar-refractivity contribution in [3.63, 3.8) is 0 Å². The van der Waals surface area contributed by atoms with E-state index in [4.69, 9.17) is 11.0 Å². The molecule has 1 aromatic heterocycles. The monoisotopic (exact) mass is 253 g/mol. The van der Waals surface area contributed by atoms with Gasteiger partial charge in [-0.15, -0.1) is 0 Å². The molecule has 0 saturated heterocycles. The SMILES string of the molecule is N#CC1(C(=O)n2c(C(N)=O)cc3ccccc32)CC1. The van der Waals surface area contributed by atoms with Crippen LogP contribution in [0.2, 0.25) is 0 Å². The minimum absolute atomic E-state index is 0.132. The van der Waals surface area contributed by atoms with Crippen LogP contribution in [0.5, 0.6) is 0 Å². The van der Waals surface area contributed by atoms with Crippen LogP contribution < -0.4 is 5.73 Å². The fourth-order valence-corrected chi connectivity index (χ4v) is 2.27.